The standard InChI is InChI=1S/C20H32N2O3.ClH/c1-14(2)12-17(21-5)19(23)22(6)18(15(3)4)20(24)25-13-16-10-8-7-9-11-16;/h7-11,14-15,17-18,21H,12-13H2,1-6H3;1H/t17-,18-;/m0./s1. The Morgan fingerprint density at radius 3 is 2.15 bits per heavy atom. The van der Waals surface area contributed by atoms with Crippen molar-refractivity contribution in [3.63, 3.8) is 0 Å². The maximum Gasteiger partial charge on any atom is 0.329 e. The van der Waals surface area contributed by atoms with E-state index in [1.807, 2.05) is 44.2 Å². The molecule has 1 aromatic rings. The third kappa shape index (κ3) is 7.34. The van der Waals surface area contributed by atoms with Crippen LogP contribution in [0, 0.1) is 11.8 Å². The van der Waals surface area contributed by atoms with Gasteiger partial charge in [0.05, 0.1) is 6.04 Å². The highest BCUT2D eigenvalue weighted by Gasteiger charge is 2.34. The van der Waals surface area contributed by atoms with Crippen LogP contribution in [-0.4, -0.2) is 43.0 Å². The number of ether oxygens (including phenoxy) is 1. The van der Waals surface area contributed by atoms with Crippen LogP contribution in [0.1, 0.15) is 39.7 Å². The van der Waals surface area contributed by atoms with Crippen molar-refractivity contribution in [1.82, 2.24) is 10.2 Å². The van der Waals surface area contributed by atoms with Crippen LogP contribution in [0.2, 0.25) is 0 Å². The van der Waals surface area contributed by atoms with E-state index in [0.717, 1.165) is 12.0 Å². The average molecular weight is 385 g/mol. The summed E-state index contributed by atoms with van der Waals surface area (Å²) in [5.74, 6) is -0.0909. The highest BCUT2D eigenvalue weighted by Crippen LogP contribution is 2.16. The normalized spacial score (nSPS) is 13.1. The molecule has 0 fully saturated rings. The van der Waals surface area contributed by atoms with Gasteiger partial charge in [-0.15, -0.1) is 12.4 Å². The second-order valence-electron chi connectivity index (χ2n) is 7.20. The molecule has 1 rings (SSSR count). The molecule has 0 aliphatic rings. The summed E-state index contributed by atoms with van der Waals surface area (Å²) in [7, 11) is 3.46. The maximum absolute atomic E-state index is 12.8. The molecular formula is C20H33ClN2O3. The Kier molecular flexibility index (Phi) is 11.2. The van der Waals surface area contributed by atoms with Crippen molar-refractivity contribution >= 4 is 24.3 Å². The largest absolute Gasteiger partial charge is 0.459 e. The molecule has 0 spiro atoms. The molecule has 1 N–H and O–H groups in total. The predicted molar refractivity (Wildman–Crippen MR) is 107 cm³/mol. The second kappa shape index (κ2) is 11.9. The van der Waals surface area contributed by atoms with Gasteiger partial charge in [-0.3, -0.25) is 4.79 Å². The Hall–Kier alpha value is -1.59. The SMILES string of the molecule is CN[C@@H](CC(C)C)C(=O)N(C)[C@H](C(=O)OCc1ccccc1)C(C)C.Cl. The summed E-state index contributed by atoms with van der Waals surface area (Å²) < 4.78 is 5.46. The summed E-state index contributed by atoms with van der Waals surface area (Å²) in [4.78, 5) is 26.9. The molecule has 0 unspecified atom stereocenters. The lowest BCUT2D eigenvalue weighted by Crippen LogP contribution is -2.52. The molecule has 148 valence electrons. The minimum atomic E-state index is -0.598. The van der Waals surface area contributed by atoms with Crippen molar-refractivity contribution in [2.45, 2.75) is 52.8 Å². The number of halogens is 1. The molecule has 6 heteroatoms. The van der Waals surface area contributed by atoms with E-state index in [0.29, 0.717) is 5.92 Å². The first kappa shape index (κ1) is 24.4. The number of hydrogen-bond acceptors (Lipinski definition) is 4. The monoisotopic (exact) mass is 384 g/mol. The molecule has 0 aliphatic heterocycles. The lowest BCUT2D eigenvalue weighted by atomic mass is 9.99. The van der Waals surface area contributed by atoms with E-state index in [1.54, 1.807) is 14.1 Å². The summed E-state index contributed by atoms with van der Waals surface area (Å²) >= 11 is 0. The Labute approximate surface area is 163 Å². The van der Waals surface area contributed by atoms with Gasteiger partial charge >= 0.3 is 5.97 Å². The molecule has 0 aromatic heterocycles. The van der Waals surface area contributed by atoms with Crippen LogP contribution in [0.25, 0.3) is 0 Å². The van der Waals surface area contributed by atoms with Gasteiger partial charge < -0.3 is 15.0 Å². The third-order valence-corrected chi connectivity index (χ3v) is 4.22. The number of likely N-dealkylation sites (N-methyl/N-ethyl adjacent to an activating group) is 2. The fourth-order valence-corrected chi connectivity index (χ4v) is 2.89. The summed E-state index contributed by atoms with van der Waals surface area (Å²) in [5.41, 5.74) is 0.931. The fraction of sp³-hybridized carbons (Fsp3) is 0.600. The van der Waals surface area contributed by atoms with Crippen molar-refractivity contribution in [2.75, 3.05) is 14.1 Å². The molecule has 2 atom stereocenters. The van der Waals surface area contributed by atoms with E-state index in [9.17, 15) is 9.59 Å². The minimum Gasteiger partial charge on any atom is -0.459 e. The van der Waals surface area contributed by atoms with Crippen LogP contribution < -0.4 is 5.32 Å². The highest BCUT2D eigenvalue weighted by atomic mass is 35.5. The van der Waals surface area contributed by atoms with E-state index in [1.165, 1.54) is 4.90 Å². The average Bonchev–Trinajstić information content (AvgIpc) is 2.57. The van der Waals surface area contributed by atoms with Gasteiger partial charge in [0.2, 0.25) is 5.91 Å². The zero-order chi connectivity index (χ0) is 19.0. The van der Waals surface area contributed by atoms with E-state index in [-0.39, 0.29) is 42.9 Å². The molecule has 1 amide bonds. The second-order valence-corrected chi connectivity index (χ2v) is 7.20. The molecule has 5 nitrogen and oxygen atoms in total. The molecule has 0 radical (unpaired) electrons. The van der Waals surface area contributed by atoms with Crippen LogP contribution in [-0.2, 0) is 20.9 Å². The molecule has 0 aliphatic carbocycles. The molecule has 0 saturated carbocycles. The predicted octanol–water partition coefficient (Wildman–Crippen LogP) is 3.27. The number of benzene rings is 1. The quantitative estimate of drug-likeness (QED) is 0.664. The zero-order valence-electron chi connectivity index (χ0n) is 16.7. The summed E-state index contributed by atoms with van der Waals surface area (Å²) in [6, 6.07) is 8.65. The Morgan fingerprint density at radius 1 is 1.12 bits per heavy atom. The first-order valence-electron chi connectivity index (χ1n) is 8.92. The van der Waals surface area contributed by atoms with Gasteiger partial charge in [-0.2, -0.15) is 0 Å². The lowest BCUT2D eigenvalue weighted by molar-refractivity contribution is -0.158. The first-order chi connectivity index (χ1) is 11.8. The van der Waals surface area contributed by atoms with Gasteiger partial charge in [-0.05, 0) is 30.9 Å². The fourth-order valence-electron chi connectivity index (χ4n) is 2.89. The van der Waals surface area contributed by atoms with Gasteiger partial charge in [0, 0.05) is 7.05 Å². The zero-order valence-corrected chi connectivity index (χ0v) is 17.5. The Bertz CT molecular complexity index is 549. The number of hydrogen-bond donors (Lipinski definition) is 1. The topological polar surface area (TPSA) is 58.6 Å². The lowest BCUT2D eigenvalue weighted by Gasteiger charge is -2.32. The molecule has 0 bridgehead atoms. The Morgan fingerprint density at radius 2 is 1.69 bits per heavy atom. The molecule has 1 aromatic carbocycles. The van der Waals surface area contributed by atoms with Gasteiger partial charge in [-0.25, -0.2) is 4.79 Å². The number of carbonyl (C=O) groups is 2. The van der Waals surface area contributed by atoms with E-state index in [2.05, 4.69) is 19.2 Å². The van der Waals surface area contributed by atoms with Crippen LogP contribution in [0.5, 0.6) is 0 Å². The van der Waals surface area contributed by atoms with E-state index in [4.69, 9.17) is 4.74 Å². The van der Waals surface area contributed by atoms with Gasteiger partial charge in [0.15, 0.2) is 0 Å². The Balaban J connectivity index is 0.00000625. The molecule has 0 saturated heterocycles. The molecular weight excluding hydrogens is 352 g/mol. The van der Waals surface area contributed by atoms with Gasteiger partial charge in [-0.1, -0.05) is 58.0 Å². The molecule has 0 heterocycles. The van der Waals surface area contributed by atoms with Gasteiger partial charge in [0.25, 0.3) is 0 Å². The van der Waals surface area contributed by atoms with Crippen molar-refractivity contribution in [3.8, 4) is 0 Å². The summed E-state index contributed by atoms with van der Waals surface area (Å²) in [5, 5.41) is 3.06. The molecule has 26 heavy (non-hydrogen) atoms. The number of esters is 1. The van der Waals surface area contributed by atoms with Crippen molar-refractivity contribution in [3.05, 3.63) is 35.9 Å². The van der Waals surface area contributed by atoms with Crippen molar-refractivity contribution in [2.24, 2.45) is 11.8 Å². The van der Waals surface area contributed by atoms with E-state index < -0.39 is 6.04 Å². The first-order valence-corrected chi connectivity index (χ1v) is 8.92. The highest BCUT2D eigenvalue weighted by molar-refractivity contribution is 5.87. The number of rotatable bonds is 9. The smallest absolute Gasteiger partial charge is 0.329 e. The maximum atomic E-state index is 12.8. The number of amides is 1. The van der Waals surface area contributed by atoms with Crippen LogP contribution >= 0.6 is 12.4 Å². The van der Waals surface area contributed by atoms with Gasteiger partial charge in [0.1, 0.15) is 12.6 Å². The number of carbonyl (C=O) groups excluding carboxylic acids is 2. The van der Waals surface area contributed by atoms with Crippen LogP contribution in [0.4, 0.5) is 0 Å². The number of nitrogens with zero attached hydrogens (tertiary/aromatic N) is 1. The third-order valence-electron chi connectivity index (χ3n) is 4.22. The van der Waals surface area contributed by atoms with Crippen molar-refractivity contribution in [1.29, 1.82) is 0 Å². The summed E-state index contributed by atoms with van der Waals surface area (Å²) in [6.07, 6.45) is 0.726. The van der Waals surface area contributed by atoms with Crippen LogP contribution in [0.3, 0.4) is 0 Å². The van der Waals surface area contributed by atoms with E-state index >= 15 is 0 Å². The van der Waals surface area contributed by atoms with Crippen molar-refractivity contribution < 1.29 is 14.3 Å². The van der Waals surface area contributed by atoms with Crippen LogP contribution in [0.15, 0.2) is 30.3 Å². The summed E-state index contributed by atoms with van der Waals surface area (Å²) in [6.45, 7) is 8.22. The minimum absolute atomic E-state index is 0. The number of nitrogens with one attached hydrogen (secondary N) is 1.